The number of hydrogen-bond donors (Lipinski definition) is 1. The van der Waals surface area contributed by atoms with Gasteiger partial charge in [-0.2, -0.15) is 0 Å². The fourth-order valence-corrected chi connectivity index (χ4v) is 2.31. The Morgan fingerprint density at radius 3 is 2.54 bits per heavy atom. The lowest BCUT2D eigenvalue weighted by Crippen LogP contribution is -2.12. The Morgan fingerprint density at radius 1 is 1.08 bits per heavy atom. The van der Waals surface area contributed by atoms with Gasteiger partial charge in [-0.3, -0.25) is 10.1 Å². The van der Waals surface area contributed by atoms with E-state index >= 15 is 0 Å². The molecule has 1 N–H and O–H groups in total. The van der Waals surface area contributed by atoms with Gasteiger partial charge >= 0.3 is 12.0 Å². The number of nitrogens with one attached hydrogen (secondary N) is 1. The van der Waals surface area contributed by atoms with Crippen LogP contribution in [-0.2, 0) is 4.74 Å². The summed E-state index contributed by atoms with van der Waals surface area (Å²) in [5, 5.41) is 10.3. The summed E-state index contributed by atoms with van der Waals surface area (Å²) in [7, 11) is 0. The molecule has 26 heavy (non-hydrogen) atoms. The highest BCUT2D eigenvalue weighted by Gasteiger charge is 2.14. The van der Waals surface area contributed by atoms with Crippen LogP contribution in [0.2, 0.25) is 0 Å². The smallest absolute Gasteiger partial charge is 0.338 e. The predicted molar refractivity (Wildman–Crippen MR) is 94.8 cm³/mol. The van der Waals surface area contributed by atoms with Crippen LogP contribution >= 0.6 is 0 Å². The molecule has 1 aromatic heterocycles. The molecule has 0 saturated heterocycles. The number of ether oxygens (including phenoxy) is 1. The van der Waals surface area contributed by atoms with Crippen LogP contribution in [0.3, 0.4) is 0 Å². The highest BCUT2D eigenvalue weighted by molar-refractivity contribution is 6.03. The summed E-state index contributed by atoms with van der Waals surface area (Å²) in [4.78, 5) is 23.9. The fraction of sp³-hybridized carbons (Fsp3) is 0.158. The predicted octanol–water partition coefficient (Wildman–Crippen LogP) is 3.47. The summed E-state index contributed by atoms with van der Waals surface area (Å²) >= 11 is 0. The van der Waals surface area contributed by atoms with E-state index in [0.717, 1.165) is 5.56 Å². The van der Waals surface area contributed by atoms with Gasteiger partial charge in [-0.15, -0.1) is 5.10 Å². The van der Waals surface area contributed by atoms with E-state index in [-0.39, 0.29) is 17.8 Å². The molecule has 0 saturated carbocycles. The first kappa shape index (κ1) is 17.3. The molecule has 1 heterocycles. The summed E-state index contributed by atoms with van der Waals surface area (Å²) in [5.41, 5.74) is 2.54. The second-order valence-electron chi connectivity index (χ2n) is 5.53. The quantitative estimate of drug-likeness (QED) is 0.707. The third-order valence-electron chi connectivity index (χ3n) is 3.57. The van der Waals surface area contributed by atoms with Crippen LogP contribution in [0.4, 0.5) is 6.01 Å². The molecule has 2 aromatic carbocycles. The van der Waals surface area contributed by atoms with Crippen molar-refractivity contribution in [3.63, 3.8) is 0 Å². The maximum Gasteiger partial charge on any atom is 0.338 e. The molecule has 0 bridgehead atoms. The van der Waals surface area contributed by atoms with Gasteiger partial charge in [0.05, 0.1) is 12.2 Å². The van der Waals surface area contributed by atoms with E-state index in [1.165, 1.54) is 0 Å². The van der Waals surface area contributed by atoms with Crippen molar-refractivity contribution in [3.05, 3.63) is 65.2 Å². The minimum atomic E-state index is -0.393. The van der Waals surface area contributed by atoms with Crippen molar-refractivity contribution in [2.45, 2.75) is 13.8 Å². The molecule has 0 aliphatic carbocycles. The molecule has 3 aromatic rings. The summed E-state index contributed by atoms with van der Waals surface area (Å²) in [6.07, 6.45) is 0. The zero-order chi connectivity index (χ0) is 18.5. The van der Waals surface area contributed by atoms with Crippen LogP contribution < -0.4 is 5.32 Å². The van der Waals surface area contributed by atoms with Gasteiger partial charge in [0.25, 0.3) is 5.91 Å². The molecule has 0 radical (unpaired) electrons. The summed E-state index contributed by atoms with van der Waals surface area (Å²) in [6, 6.07) is 13.7. The highest BCUT2D eigenvalue weighted by atomic mass is 16.5. The topological polar surface area (TPSA) is 94.3 Å². The molecule has 3 rings (SSSR count). The lowest BCUT2D eigenvalue weighted by molar-refractivity contribution is 0.0526. The van der Waals surface area contributed by atoms with Crippen molar-refractivity contribution in [2.24, 2.45) is 0 Å². The minimum Gasteiger partial charge on any atom is -0.462 e. The SMILES string of the molecule is CCOC(=O)c1ccc(-c2nnc(NC(=O)c3cccc(C)c3)o2)cc1. The number of benzene rings is 2. The molecule has 7 nitrogen and oxygen atoms in total. The van der Waals surface area contributed by atoms with E-state index in [2.05, 4.69) is 15.5 Å². The van der Waals surface area contributed by atoms with Crippen molar-refractivity contribution in [3.8, 4) is 11.5 Å². The van der Waals surface area contributed by atoms with E-state index in [1.807, 2.05) is 13.0 Å². The molecule has 0 aliphatic rings. The Kier molecular flexibility index (Phi) is 5.07. The number of aromatic nitrogens is 2. The maximum absolute atomic E-state index is 12.2. The first-order valence-electron chi connectivity index (χ1n) is 8.06. The number of aryl methyl sites for hydroxylation is 1. The second kappa shape index (κ2) is 7.60. The molecule has 0 aliphatic heterocycles. The molecule has 7 heteroatoms. The van der Waals surface area contributed by atoms with Crippen LogP contribution in [-0.4, -0.2) is 28.7 Å². The molecule has 0 atom stereocenters. The van der Waals surface area contributed by atoms with E-state index < -0.39 is 5.97 Å². The highest BCUT2D eigenvalue weighted by Crippen LogP contribution is 2.21. The van der Waals surface area contributed by atoms with Gasteiger partial charge in [-0.25, -0.2) is 4.79 Å². The number of esters is 1. The van der Waals surface area contributed by atoms with Crippen molar-refractivity contribution >= 4 is 17.9 Å². The van der Waals surface area contributed by atoms with Crippen molar-refractivity contribution in [1.29, 1.82) is 0 Å². The third kappa shape index (κ3) is 3.94. The molecule has 1 amide bonds. The minimum absolute atomic E-state index is 0.000903. The monoisotopic (exact) mass is 351 g/mol. The summed E-state index contributed by atoms with van der Waals surface area (Å²) < 4.78 is 10.4. The van der Waals surface area contributed by atoms with Crippen molar-refractivity contribution in [2.75, 3.05) is 11.9 Å². The van der Waals surface area contributed by atoms with Gasteiger partial charge in [0.15, 0.2) is 0 Å². The number of amides is 1. The second-order valence-corrected chi connectivity index (χ2v) is 5.53. The molecular formula is C19H17N3O4. The van der Waals surface area contributed by atoms with Gasteiger partial charge in [0.1, 0.15) is 0 Å². The molecule has 132 valence electrons. The summed E-state index contributed by atoms with van der Waals surface area (Å²) in [5.74, 6) is -0.489. The largest absolute Gasteiger partial charge is 0.462 e. The number of rotatable bonds is 5. The fourth-order valence-electron chi connectivity index (χ4n) is 2.31. The molecule has 0 fully saturated rings. The Balaban J connectivity index is 1.71. The average molecular weight is 351 g/mol. The van der Waals surface area contributed by atoms with E-state index in [0.29, 0.717) is 23.3 Å². The average Bonchev–Trinajstić information content (AvgIpc) is 3.10. The van der Waals surface area contributed by atoms with Gasteiger partial charge in [0, 0.05) is 11.1 Å². The van der Waals surface area contributed by atoms with Crippen LogP contribution in [0.5, 0.6) is 0 Å². The number of nitrogens with zero attached hydrogens (tertiary/aromatic N) is 2. The van der Waals surface area contributed by atoms with E-state index in [9.17, 15) is 9.59 Å². The normalized spacial score (nSPS) is 10.4. The van der Waals surface area contributed by atoms with Gasteiger partial charge in [0.2, 0.25) is 5.89 Å². The Hall–Kier alpha value is -3.48. The number of anilines is 1. The Labute approximate surface area is 150 Å². The van der Waals surface area contributed by atoms with Crippen LogP contribution in [0.25, 0.3) is 11.5 Å². The zero-order valence-corrected chi connectivity index (χ0v) is 14.4. The first-order valence-corrected chi connectivity index (χ1v) is 8.06. The van der Waals surface area contributed by atoms with Gasteiger partial charge in [-0.05, 0) is 50.2 Å². The van der Waals surface area contributed by atoms with Crippen molar-refractivity contribution < 1.29 is 18.7 Å². The molecular weight excluding hydrogens is 334 g/mol. The number of carbonyl (C=O) groups excluding carboxylic acids is 2. The lowest BCUT2D eigenvalue weighted by atomic mass is 10.1. The van der Waals surface area contributed by atoms with Gasteiger partial charge in [-0.1, -0.05) is 22.8 Å². The van der Waals surface area contributed by atoms with Crippen LogP contribution in [0.1, 0.15) is 33.2 Å². The molecule has 0 spiro atoms. The lowest BCUT2D eigenvalue weighted by Gasteiger charge is -2.02. The Morgan fingerprint density at radius 2 is 1.85 bits per heavy atom. The van der Waals surface area contributed by atoms with Crippen LogP contribution in [0, 0.1) is 6.92 Å². The maximum atomic E-state index is 12.2. The standard InChI is InChI=1S/C19H17N3O4/c1-3-25-18(24)14-9-7-13(8-10-14)17-21-22-19(26-17)20-16(23)15-6-4-5-12(2)11-15/h4-11H,3H2,1-2H3,(H,20,22,23). The number of carbonyl (C=O) groups is 2. The summed E-state index contributed by atoms with van der Waals surface area (Å²) in [6.45, 7) is 3.97. The van der Waals surface area contributed by atoms with E-state index in [1.54, 1.807) is 49.4 Å². The van der Waals surface area contributed by atoms with Gasteiger partial charge < -0.3 is 9.15 Å². The number of hydrogen-bond acceptors (Lipinski definition) is 6. The Bertz CT molecular complexity index is 932. The zero-order valence-electron chi connectivity index (χ0n) is 14.4. The van der Waals surface area contributed by atoms with Crippen molar-refractivity contribution in [1.82, 2.24) is 10.2 Å². The third-order valence-corrected chi connectivity index (χ3v) is 3.57. The molecule has 0 unspecified atom stereocenters. The van der Waals surface area contributed by atoms with E-state index in [4.69, 9.17) is 9.15 Å². The first-order chi connectivity index (χ1) is 12.6. The van der Waals surface area contributed by atoms with Crippen LogP contribution in [0.15, 0.2) is 52.9 Å².